The number of allylic oxidation sites excluding steroid dienone is 1. The van der Waals surface area contributed by atoms with Crippen LogP contribution in [0.25, 0.3) is 0 Å². The van der Waals surface area contributed by atoms with Crippen LogP contribution in [0.5, 0.6) is 0 Å². The lowest BCUT2D eigenvalue weighted by molar-refractivity contribution is -0.137. The van der Waals surface area contributed by atoms with Gasteiger partial charge in [0, 0.05) is 30.7 Å². The molecule has 0 unspecified atom stereocenters. The first-order chi connectivity index (χ1) is 12.0. The maximum atomic E-state index is 10.5. The van der Waals surface area contributed by atoms with Gasteiger partial charge >= 0.3 is 5.97 Å². The Kier molecular flexibility index (Phi) is 7.47. The summed E-state index contributed by atoms with van der Waals surface area (Å²) in [6.07, 6.45) is 10.8. The summed E-state index contributed by atoms with van der Waals surface area (Å²) in [7, 11) is 0. The number of carbonyl (C=O) groups is 1. The van der Waals surface area contributed by atoms with Crippen LogP contribution in [0, 0.1) is 0 Å². The van der Waals surface area contributed by atoms with Gasteiger partial charge in [-0.2, -0.15) is 0 Å². The van der Waals surface area contributed by atoms with Gasteiger partial charge in [-0.25, -0.2) is 0 Å². The molecule has 1 aromatic heterocycles. The third-order valence-corrected chi connectivity index (χ3v) is 4.45. The van der Waals surface area contributed by atoms with Gasteiger partial charge in [-0.1, -0.05) is 31.2 Å². The van der Waals surface area contributed by atoms with E-state index in [9.17, 15) is 15.0 Å². The summed E-state index contributed by atoms with van der Waals surface area (Å²) >= 11 is 0. The highest BCUT2D eigenvalue weighted by atomic mass is 16.4. The number of hydrogen-bond acceptors (Lipinski definition) is 4. The highest BCUT2D eigenvalue weighted by molar-refractivity contribution is 5.66. The molecule has 3 atom stereocenters. The fraction of sp³-hybridized carbons (Fsp3) is 0.550. The summed E-state index contributed by atoms with van der Waals surface area (Å²) in [6, 6.07) is 1.96. The first kappa shape index (κ1) is 19.5. The highest BCUT2D eigenvalue weighted by Gasteiger charge is 2.33. The average molecular weight is 348 g/mol. The van der Waals surface area contributed by atoms with Gasteiger partial charge in [0.05, 0.1) is 12.2 Å². The lowest BCUT2D eigenvalue weighted by atomic mass is 9.99. The average Bonchev–Trinajstić information content (AvgIpc) is 3.06. The fourth-order valence-corrected chi connectivity index (χ4v) is 3.13. The molecule has 1 aliphatic rings. The Balaban J connectivity index is 1.92. The van der Waals surface area contributed by atoms with E-state index in [1.165, 1.54) is 0 Å². The third-order valence-electron chi connectivity index (χ3n) is 4.45. The van der Waals surface area contributed by atoms with E-state index in [-0.39, 0.29) is 12.3 Å². The van der Waals surface area contributed by atoms with Gasteiger partial charge in [-0.15, -0.1) is 0 Å². The second-order valence-electron chi connectivity index (χ2n) is 6.56. The number of carboxylic acid groups (broad SMARTS) is 1. The van der Waals surface area contributed by atoms with Crippen molar-refractivity contribution >= 4 is 5.97 Å². The van der Waals surface area contributed by atoms with E-state index in [1.54, 1.807) is 6.08 Å². The van der Waals surface area contributed by atoms with Gasteiger partial charge in [0.1, 0.15) is 11.5 Å². The maximum absolute atomic E-state index is 10.5. The predicted molar refractivity (Wildman–Crippen MR) is 95.5 cm³/mol. The lowest BCUT2D eigenvalue weighted by Crippen LogP contribution is -2.12. The molecule has 0 saturated carbocycles. The number of hydrogen-bond donors (Lipinski definition) is 3. The highest BCUT2D eigenvalue weighted by Crippen LogP contribution is 2.37. The van der Waals surface area contributed by atoms with E-state index < -0.39 is 18.2 Å². The number of rotatable bonds is 10. The Labute approximate surface area is 148 Å². The normalized spacial score (nSPS) is 21.2. The van der Waals surface area contributed by atoms with Gasteiger partial charge in [0.15, 0.2) is 0 Å². The van der Waals surface area contributed by atoms with Crippen molar-refractivity contribution in [3.8, 4) is 0 Å². The van der Waals surface area contributed by atoms with Crippen LogP contribution < -0.4 is 0 Å². The predicted octanol–water partition coefficient (Wildman–Crippen LogP) is 3.35. The van der Waals surface area contributed by atoms with Crippen LogP contribution >= 0.6 is 0 Å². The van der Waals surface area contributed by atoms with E-state index >= 15 is 0 Å². The molecule has 1 aliphatic carbocycles. The van der Waals surface area contributed by atoms with Crippen LogP contribution in [-0.4, -0.2) is 33.5 Å². The zero-order valence-corrected chi connectivity index (χ0v) is 14.7. The molecular formula is C20H28O5. The van der Waals surface area contributed by atoms with E-state index in [2.05, 4.69) is 0 Å². The van der Waals surface area contributed by atoms with Crippen molar-refractivity contribution in [3.63, 3.8) is 0 Å². The zero-order chi connectivity index (χ0) is 18.2. The number of aliphatic carboxylic acids is 1. The maximum Gasteiger partial charge on any atom is 0.303 e. The van der Waals surface area contributed by atoms with Gasteiger partial charge in [0.25, 0.3) is 0 Å². The summed E-state index contributed by atoms with van der Waals surface area (Å²) in [5.74, 6) is 0.710. The Morgan fingerprint density at radius 1 is 1.40 bits per heavy atom. The minimum atomic E-state index is -0.775. The smallest absolute Gasteiger partial charge is 0.303 e. The first-order valence-electron chi connectivity index (χ1n) is 9.04. The van der Waals surface area contributed by atoms with Gasteiger partial charge in [0.2, 0.25) is 0 Å². The van der Waals surface area contributed by atoms with E-state index in [4.69, 9.17) is 9.52 Å². The van der Waals surface area contributed by atoms with Crippen LogP contribution in [0.1, 0.15) is 62.0 Å². The number of fused-ring (bicyclic) bond motifs is 1. The number of aliphatic hydroxyl groups excluding tert-OH is 2. The molecule has 2 rings (SSSR count). The molecule has 0 amide bonds. The Bertz CT molecular complexity index is 614. The molecule has 3 N–H and O–H groups in total. The van der Waals surface area contributed by atoms with Crippen molar-refractivity contribution in [3.05, 3.63) is 47.5 Å². The molecule has 0 spiro atoms. The van der Waals surface area contributed by atoms with Crippen LogP contribution in [0.3, 0.4) is 0 Å². The molecule has 0 saturated heterocycles. The second-order valence-corrected chi connectivity index (χ2v) is 6.56. The van der Waals surface area contributed by atoms with E-state index in [0.717, 1.165) is 29.9 Å². The largest absolute Gasteiger partial charge is 0.481 e. The molecule has 1 aromatic rings. The van der Waals surface area contributed by atoms with Crippen molar-refractivity contribution in [2.45, 2.75) is 70.0 Å². The van der Waals surface area contributed by atoms with Crippen LogP contribution in [-0.2, 0) is 17.6 Å². The van der Waals surface area contributed by atoms with Crippen molar-refractivity contribution in [1.82, 2.24) is 0 Å². The van der Waals surface area contributed by atoms with Crippen molar-refractivity contribution in [2.75, 3.05) is 0 Å². The molecule has 25 heavy (non-hydrogen) atoms. The number of unbranched alkanes of at least 4 members (excludes halogenated alkanes) is 1. The summed E-state index contributed by atoms with van der Waals surface area (Å²) in [6.45, 7) is 2.05. The van der Waals surface area contributed by atoms with E-state index in [1.807, 2.05) is 31.2 Å². The Morgan fingerprint density at radius 3 is 2.92 bits per heavy atom. The zero-order valence-electron chi connectivity index (χ0n) is 14.7. The number of furan rings is 1. The Morgan fingerprint density at radius 2 is 2.20 bits per heavy atom. The molecule has 0 fully saturated rings. The quantitative estimate of drug-likeness (QED) is 0.445. The van der Waals surface area contributed by atoms with Gasteiger partial charge in [-0.3, -0.25) is 4.79 Å². The third kappa shape index (κ3) is 5.87. The number of carboxylic acids is 1. The lowest BCUT2D eigenvalue weighted by Gasteiger charge is -2.11. The summed E-state index contributed by atoms with van der Waals surface area (Å²) < 4.78 is 5.81. The Hall–Kier alpha value is -1.85. The van der Waals surface area contributed by atoms with Crippen molar-refractivity contribution in [1.29, 1.82) is 0 Å². The summed E-state index contributed by atoms with van der Waals surface area (Å²) in [4.78, 5) is 10.5. The van der Waals surface area contributed by atoms with Crippen LogP contribution in [0.4, 0.5) is 0 Å². The molecule has 1 heterocycles. The molecule has 0 aromatic carbocycles. The SMILES string of the molecule is CCC=CC[C@H](O)C=C[C@@H]1c2cc(CCCCC(=O)O)oc2C[C@H]1O. The number of aryl methyl sites for hydroxylation is 1. The molecule has 138 valence electrons. The minimum Gasteiger partial charge on any atom is -0.481 e. The van der Waals surface area contributed by atoms with Crippen LogP contribution in [0.2, 0.25) is 0 Å². The first-order valence-corrected chi connectivity index (χ1v) is 9.04. The summed E-state index contributed by atoms with van der Waals surface area (Å²) in [5, 5.41) is 28.9. The molecule has 0 radical (unpaired) electrons. The molecular weight excluding hydrogens is 320 g/mol. The van der Waals surface area contributed by atoms with Crippen molar-refractivity contribution < 1.29 is 24.5 Å². The summed E-state index contributed by atoms with van der Waals surface area (Å²) in [5.41, 5.74) is 0.980. The topological polar surface area (TPSA) is 90.9 Å². The minimum absolute atomic E-state index is 0.156. The van der Waals surface area contributed by atoms with Crippen molar-refractivity contribution in [2.24, 2.45) is 0 Å². The number of aliphatic hydroxyl groups is 2. The van der Waals surface area contributed by atoms with E-state index in [0.29, 0.717) is 25.7 Å². The fourth-order valence-electron chi connectivity index (χ4n) is 3.13. The molecule has 0 bridgehead atoms. The van der Waals surface area contributed by atoms with Gasteiger partial charge < -0.3 is 19.7 Å². The standard InChI is InChI=1S/C20H28O5/c1-2-3-4-7-14(21)10-11-16-17-12-15(8-5-6-9-20(23)24)25-19(17)13-18(16)22/h3-4,10-12,14,16,18,21-22H,2,5-9,13H2,1H3,(H,23,24)/t14-,16+,18+/m0/s1. The van der Waals surface area contributed by atoms with Crippen LogP contribution in [0.15, 0.2) is 34.8 Å². The molecule has 5 nitrogen and oxygen atoms in total. The van der Waals surface area contributed by atoms with Gasteiger partial charge in [-0.05, 0) is 31.7 Å². The molecule has 5 heteroatoms. The monoisotopic (exact) mass is 348 g/mol. The second kappa shape index (κ2) is 9.59. The molecule has 0 aliphatic heterocycles.